The molecule has 0 spiro atoms. The molecule has 5 aromatic rings. The van der Waals surface area contributed by atoms with Gasteiger partial charge < -0.3 is 4.43 Å². The molecule has 2 atom stereocenters. The zero-order chi connectivity index (χ0) is 30.6. The lowest BCUT2D eigenvalue weighted by Gasteiger charge is -2.41. The first-order valence-corrected chi connectivity index (χ1v) is 18.7. The molecule has 1 N–H and O–H groups in total. The van der Waals surface area contributed by atoms with E-state index >= 15 is 0 Å². The molecule has 222 valence electrons. The molecule has 0 saturated heterocycles. The molecule has 4 nitrogen and oxygen atoms in total. The van der Waals surface area contributed by atoms with Crippen molar-refractivity contribution in [1.29, 1.82) is 0 Å². The van der Waals surface area contributed by atoms with E-state index in [9.17, 15) is 8.42 Å². The quantitative estimate of drug-likeness (QED) is 0.145. The number of rotatable bonds is 10. The van der Waals surface area contributed by atoms with Gasteiger partial charge >= 0.3 is 8.32 Å². The van der Waals surface area contributed by atoms with Gasteiger partial charge in [0.25, 0.3) is 0 Å². The second-order valence-corrected chi connectivity index (χ2v) is 16.4. The lowest BCUT2D eigenvalue weighted by Crippen LogP contribution is -2.71. The normalized spacial score (nSPS) is 15.4. The van der Waals surface area contributed by atoms with Gasteiger partial charge in [-0.3, -0.25) is 0 Å². The second-order valence-electron chi connectivity index (χ2n) is 11.1. The van der Waals surface area contributed by atoms with Crippen LogP contribution in [0.15, 0.2) is 150 Å². The number of sulfonamides is 1. The molecule has 5 aromatic carbocycles. The van der Waals surface area contributed by atoms with Crippen molar-refractivity contribution in [2.24, 2.45) is 5.92 Å². The highest BCUT2D eigenvalue weighted by molar-refractivity contribution is 7.89. The highest BCUT2D eigenvalue weighted by Crippen LogP contribution is 2.38. The van der Waals surface area contributed by atoms with Gasteiger partial charge in [0.2, 0.25) is 10.0 Å². The van der Waals surface area contributed by atoms with Crippen LogP contribution in [0.3, 0.4) is 0 Å². The molecule has 1 aliphatic heterocycles. The summed E-state index contributed by atoms with van der Waals surface area (Å²) in [5.41, 5.74) is 2.90. The molecular weight excluding hydrogens is 602 g/mol. The smallest absolute Gasteiger partial charge is 0.347 e. The van der Waals surface area contributed by atoms with E-state index in [2.05, 4.69) is 77.5 Å². The summed E-state index contributed by atoms with van der Waals surface area (Å²) in [6, 6.07) is 45.2. The van der Waals surface area contributed by atoms with Crippen LogP contribution in [0.2, 0.25) is 0 Å². The molecule has 7 heteroatoms. The molecule has 6 rings (SSSR count). The average molecular weight is 636 g/mol. The molecule has 1 heterocycles. The molecule has 0 amide bonds. The molecule has 0 unspecified atom stereocenters. The zero-order valence-electron chi connectivity index (χ0n) is 24.4. The minimum absolute atomic E-state index is 0.217. The van der Waals surface area contributed by atoms with Gasteiger partial charge in [-0.2, -0.15) is 0 Å². The van der Waals surface area contributed by atoms with Crippen LogP contribution in [0.25, 0.3) is 6.08 Å². The molecule has 0 fully saturated rings. The fraction of sp³-hybridized carbons (Fsp3) is 0.135. The van der Waals surface area contributed by atoms with Gasteiger partial charge in [0.15, 0.2) is 0 Å². The zero-order valence-corrected chi connectivity index (χ0v) is 27.0. The van der Waals surface area contributed by atoms with Crippen molar-refractivity contribution >= 4 is 51.6 Å². The molecule has 1 aliphatic rings. The lowest BCUT2D eigenvalue weighted by molar-refractivity contribution is 0.307. The number of hydrogen-bond donors (Lipinski definition) is 1. The summed E-state index contributed by atoms with van der Waals surface area (Å²) in [7, 11) is -6.96. The number of fused-ring (bicyclic) bond motifs is 1. The van der Waals surface area contributed by atoms with Gasteiger partial charge in [0.05, 0.1) is 16.7 Å². The van der Waals surface area contributed by atoms with Crippen molar-refractivity contribution in [2.75, 3.05) is 5.88 Å². The number of halogens is 1. The fourth-order valence-electron chi connectivity index (χ4n) is 6.07. The SMILES string of the molecule is Cc1ccc(S(=O)(=O)N[C@@H](c2ccccc2)[C@H](CCCl)C2=Cc3ccccc3[Si](c3ccccc3)(c3ccccc3)O2)cc1. The highest BCUT2D eigenvalue weighted by atomic mass is 35.5. The maximum absolute atomic E-state index is 13.9. The molecule has 0 radical (unpaired) electrons. The topological polar surface area (TPSA) is 55.4 Å². The Hall–Kier alpha value is -3.94. The van der Waals surface area contributed by atoms with Gasteiger partial charge in [-0.1, -0.05) is 133 Å². The van der Waals surface area contributed by atoms with Crippen molar-refractivity contribution in [3.8, 4) is 0 Å². The number of nitrogens with one attached hydrogen (secondary N) is 1. The van der Waals surface area contributed by atoms with E-state index in [-0.39, 0.29) is 10.8 Å². The first-order chi connectivity index (χ1) is 21.4. The van der Waals surface area contributed by atoms with Crippen molar-refractivity contribution in [3.63, 3.8) is 0 Å². The Kier molecular flexibility index (Phi) is 8.87. The molecule has 0 aromatic heterocycles. The third-order valence-corrected chi connectivity index (χ3v) is 14.0. The van der Waals surface area contributed by atoms with E-state index in [4.69, 9.17) is 16.0 Å². The Labute approximate surface area is 266 Å². The summed E-state index contributed by atoms with van der Waals surface area (Å²) < 4.78 is 38.3. The van der Waals surface area contributed by atoms with Crippen LogP contribution in [0.5, 0.6) is 0 Å². The van der Waals surface area contributed by atoms with Crippen LogP contribution >= 0.6 is 11.6 Å². The van der Waals surface area contributed by atoms with Gasteiger partial charge in [0.1, 0.15) is 0 Å². The third-order valence-electron chi connectivity index (χ3n) is 8.23. The molecule has 44 heavy (non-hydrogen) atoms. The third kappa shape index (κ3) is 5.91. The summed E-state index contributed by atoms with van der Waals surface area (Å²) in [4.78, 5) is 0.217. The maximum atomic E-state index is 13.9. The van der Waals surface area contributed by atoms with Crippen LogP contribution in [-0.4, -0.2) is 22.6 Å². The van der Waals surface area contributed by atoms with Crippen molar-refractivity contribution < 1.29 is 12.8 Å². The monoisotopic (exact) mass is 635 g/mol. The van der Waals surface area contributed by atoms with E-state index in [1.165, 1.54) is 0 Å². The predicted octanol–water partition coefficient (Wildman–Crippen LogP) is 6.30. The van der Waals surface area contributed by atoms with E-state index in [1.807, 2.05) is 67.6 Å². The molecular formula is C37H34ClNO3SSi. The Balaban J connectivity index is 1.54. The minimum atomic E-state index is -3.88. The fourth-order valence-corrected chi connectivity index (χ4v) is 11.6. The summed E-state index contributed by atoms with van der Waals surface area (Å²) >= 11 is 6.51. The number of aryl methyl sites for hydroxylation is 1. The van der Waals surface area contributed by atoms with E-state index in [0.717, 1.165) is 38.0 Å². The standard InChI is InChI=1S/C37H34ClNO3SSi/c1-28-21-23-31(24-22-28)43(40,41)39-37(29-13-5-2-6-14-29)34(25-26-38)35-27-30-15-11-12-20-36(30)44(42-35,32-16-7-3-8-17-32)33-18-9-4-10-19-33/h2-24,27,34,37,39H,25-26H2,1H3/t34-,37+/m1/s1. The summed E-state index contributed by atoms with van der Waals surface area (Å²) in [6.07, 6.45) is 2.58. The van der Waals surface area contributed by atoms with E-state index in [1.54, 1.807) is 12.1 Å². The van der Waals surface area contributed by atoms with Gasteiger partial charge in [-0.15, -0.1) is 11.6 Å². The first kappa shape index (κ1) is 30.1. The van der Waals surface area contributed by atoms with Gasteiger partial charge in [-0.25, -0.2) is 13.1 Å². The van der Waals surface area contributed by atoms with Crippen LogP contribution in [0.1, 0.15) is 29.2 Å². The second kappa shape index (κ2) is 13.0. The number of alkyl halides is 1. The first-order valence-electron chi connectivity index (χ1n) is 14.7. The minimum Gasteiger partial charge on any atom is -0.533 e. The van der Waals surface area contributed by atoms with E-state index in [0.29, 0.717) is 12.3 Å². The summed E-state index contributed by atoms with van der Waals surface area (Å²) in [6.45, 7) is 1.94. The molecule has 0 saturated carbocycles. The van der Waals surface area contributed by atoms with Crippen LogP contribution in [0, 0.1) is 12.8 Å². The summed E-state index contributed by atoms with van der Waals surface area (Å²) in [5.74, 6) is 0.667. The Morgan fingerprint density at radius 1 is 0.727 bits per heavy atom. The van der Waals surface area contributed by atoms with Crippen molar-refractivity contribution in [1.82, 2.24) is 4.72 Å². The Morgan fingerprint density at radius 2 is 1.27 bits per heavy atom. The predicted molar refractivity (Wildman–Crippen MR) is 183 cm³/mol. The van der Waals surface area contributed by atoms with Crippen LogP contribution in [-0.2, 0) is 14.4 Å². The van der Waals surface area contributed by atoms with Crippen molar-refractivity contribution in [2.45, 2.75) is 24.3 Å². The van der Waals surface area contributed by atoms with Crippen LogP contribution < -0.4 is 20.3 Å². The van der Waals surface area contributed by atoms with Gasteiger partial charge in [-0.05, 0) is 58.2 Å². The highest BCUT2D eigenvalue weighted by Gasteiger charge is 2.49. The summed E-state index contributed by atoms with van der Waals surface area (Å²) in [5, 5.41) is 3.39. The molecule has 0 aliphatic carbocycles. The van der Waals surface area contributed by atoms with Crippen molar-refractivity contribution in [3.05, 3.63) is 162 Å². The van der Waals surface area contributed by atoms with Gasteiger partial charge in [0, 0.05) is 11.8 Å². The average Bonchev–Trinajstić information content (AvgIpc) is 3.07. The number of hydrogen-bond acceptors (Lipinski definition) is 3. The van der Waals surface area contributed by atoms with Crippen LogP contribution in [0.4, 0.5) is 0 Å². The van der Waals surface area contributed by atoms with E-state index < -0.39 is 24.4 Å². The maximum Gasteiger partial charge on any atom is 0.347 e. The molecule has 0 bridgehead atoms. The Morgan fingerprint density at radius 3 is 1.86 bits per heavy atom. The Bertz CT molecular complexity index is 1810. The number of benzene rings is 5. The largest absolute Gasteiger partial charge is 0.533 e. The lowest BCUT2D eigenvalue weighted by atomic mass is 9.89.